The second-order valence-corrected chi connectivity index (χ2v) is 4.49. The third-order valence-electron chi connectivity index (χ3n) is 3.33. The lowest BCUT2D eigenvalue weighted by atomic mass is 9.84. The molecule has 3 heteroatoms. The van der Waals surface area contributed by atoms with Gasteiger partial charge in [-0.2, -0.15) is 0 Å². The summed E-state index contributed by atoms with van der Waals surface area (Å²) in [5, 5.41) is 0. The molecule has 0 aromatic heterocycles. The fourth-order valence-electron chi connectivity index (χ4n) is 2.38. The minimum atomic E-state index is -1.13. The second-order valence-electron chi connectivity index (χ2n) is 4.49. The molecule has 1 heterocycles. The summed E-state index contributed by atoms with van der Waals surface area (Å²) in [5.41, 5.74) is 0.438. The first-order chi connectivity index (χ1) is 9.77. The van der Waals surface area contributed by atoms with Crippen molar-refractivity contribution >= 4 is 11.9 Å². The number of carbonyl (C=O) groups is 1. The van der Waals surface area contributed by atoms with E-state index in [1.165, 1.54) is 6.08 Å². The molecule has 0 unspecified atom stereocenters. The number of hydrogen-bond donors (Lipinski definition) is 0. The highest BCUT2D eigenvalue weighted by Gasteiger charge is 2.48. The Morgan fingerprint density at radius 3 is 1.85 bits per heavy atom. The standard InChI is InChI=1S/C17H13NO2/c1-2-15-18-17(16(19)20-15,13-9-5-3-6-10-13)14-11-7-4-8-12-14/h2-12H,1H2. The van der Waals surface area contributed by atoms with Crippen LogP contribution in [0, 0.1) is 0 Å². The van der Waals surface area contributed by atoms with Gasteiger partial charge in [0.2, 0.25) is 11.4 Å². The Labute approximate surface area is 117 Å². The van der Waals surface area contributed by atoms with E-state index in [0.29, 0.717) is 0 Å². The van der Waals surface area contributed by atoms with Crippen molar-refractivity contribution in [3.63, 3.8) is 0 Å². The van der Waals surface area contributed by atoms with Crippen LogP contribution in [0.3, 0.4) is 0 Å². The summed E-state index contributed by atoms with van der Waals surface area (Å²) in [4.78, 5) is 17.0. The normalized spacial score (nSPS) is 16.4. The van der Waals surface area contributed by atoms with Gasteiger partial charge in [0.25, 0.3) is 0 Å². The van der Waals surface area contributed by atoms with Crippen LogP contribution in [0.1, 0.15) is 11.1 Å². The van der Waals surface area contributed by atoms with Crippen molar-refractivity contribution in [2.24, 2.45) is 4.99 Å². The summed E-state index contributed by atoms with van der Waals surface area (Å²) in [7, 11) is 0. The highest BCUT2D eigenvalue weighted by Crippen LogP contribution is 2.38. The van der Waals surface area contributed by atoms with Gasteiger partial charge >= 0.3 is 5.97 Å². The van der Waals surface area contributed by atoms with Gasteiger partial charge in [0.05, 0.1) is 0 Å². The van der Waals surface area contributed by atoms with Crippen LogP contribution in [0.2, 0.25) is 0 Å². The predicted octanol–water partition coefficient (Wildman–Crippen LogP) is 3.07. The van der Waals surface area contributed by atoms with Crippen LogP contribution in [0.15, 0.2) is 78.3 Å². The molecule has 0 N–H and O–H groups in total. The number of carbonyl (C=O) groups excluding carboxylic acids is 1. The number of esters is 1. The van der Waals surface area contributed by atoms with Crippen molar-refractivity contribution in [3.8, 4) is 0 Å². The van der Waals surface area contributed by atoms with Gasteiger partial charge in [-0.3, -0.25) is 0 Å². The average Bonchev–Trinajstić information content (AvgIpc) is 2.87. The Hall–Kier alpha value is -2.68. The van der Waals surface area contributed by atoms with E-state index in [1.807, 2.05) is 60.7 Å². The molecule has 0 aliphatic carbocycles. The van der Waals surface area contributed by atoms with E-state index < -0.39 is 11.5 Å². The molecule has 0 amide bonds. The summed E-state index contributed by atoms with van der Waals surface area (Å²) in [5.74, 6) is -0.146. The zero-order valence-electron chi connectivity index (χ0n) is 10.8. The van der Waals surface area contributed by atoms with Crippen molar-refractivity contribution in [1.29, 1.82) is 0 Å². The van der Waals surface area contributed by atoms with E-state index in [-0.39, 0.29) is 5.90 Å². The zero-order chi connectivity index (χ0) is 14.0. The fourth-order valence-corrected chi connectivity index (χ4v) is 2.38. The molecule has 3 rings (SSSR count). The summed E-state index contributed by atoms with van der Waals surface area (Å²) < 4.78 is 5.23. The van der Waals surface area contributed by atoms with Crippen molar-refractivity contribution in [1.82, 2.24) is 0 Å². The number of aliphatic imine (C=N–C) groups is 1. The largest absolute Gasteiger partial charge is 0.405 e. The van der Waals surface area contributed by atoms with E-state index in [2.05, 4.69) is 11.6 Å². The maximum atomic E-state index is 12.5. The van der Waals surface area contributed by atoms with E-state index in [9.17, 15) is 4.79 Å². The third kappa shape index (κ3) is 1.75. The Balaban J connectivity index is 2.27. The monoisotopic (exact) mass is 263 g/mol. The molecule has 0 atom stereocenters. The molecule has 2 aromatic carbocycles. The molecule has 3 nitrogen and oxygen atoms in total. The highest BCUT2D eigenvalue weighted by molar-refractivity contribution is 6.06. The van der Waals surface area contributed by atoms with Crippen molar-refractivity contribution in [2.75, 3.05) is 0 Å². The number of cyclic esters (lactones) is 1. The SMILES string of the molecule is C=CC1=NC(c2ccccc2)(c2ccccc2)C(=O)O1. The highest BCUT2D eigenvalue weighted by atomic mass is 16.6. The van der Waals surface area contributed by atoms with Crippen LogP contribution in [-0.4, -0.2) is 11.9 Å². The molecule has 0 saturated heterocycles. The van der Waals surface area contributed by atoms with E-state index in [4.69, 9.17) is 4.74 Å². The molecular formula is C17H13NO2. The molecule has 1 aliphatic heterocycles. The van der Waals surface area contributed by atoms with Crippen molar-refractivity contribution in [2.45, 2.75) is 5.54 Å². The number of ether oxygens (including phenoxy) is 1. The maximum absolute atomic E-state index is 12.5. The van der Waals surface area contributed by atoms with Gasteiger partial charge in [-0.25, -0.2) is 9.79 Å². The van der Waals surface area contributed by atoms with Crippen molar-refractivity contribution < 1.29 is 9.53 Å². The van der Waals surface area contributed by atoms with Gasteiger partial charge in [-0.1, -0.05) is 67.2 Å². The molecule has 2 aromatic rings. The molecule has 0 bridgehead atoms. The van der Waals surface area contributed by atoms with Crippen LogP contribution in [0.4, 0.5) is 0 Å². The summed E-state index contributed by atoms with van der Waals surface area (Å²) in [6.07, 6.45) is 1.45. The molecular weight excluding hydrogens is 250 g/mol. The Kier molecular flexibility index (Phi) is 2.95. The van der Waals surface area contributed by atoms with E-state index >= 15 is 0 Å². The molecule has 0 fully saturated rings. The van der Waals surface area contributed by atoms with Gasteiger partial charge in [-0.05, 0) is 17.2 Å². The van der Waals surface area contributed by atoms with Crippen LogP contribution in [0.25, 0.3) is 0 Å². The predicted molar refractivity (Wildman–Crippen MR) is 77.4 cm³/mol. The van der Waals surface area contributed by atoms with Crippen molar-refractivity contribution in [3.05, 3.63) is 84.4 Å². The lowest BCUT2D eigenvalue weighted by molar-refractivity contribution is -0.137. The summed E-state index contributed by atoms with van der Waals surface area (Å²) in [6.45, 7) is 3.62. The average molecular weight is 263 g/mol. The van der Waals surface area contributed by atoms with Crippen LogP contribution >= 0.6 is 0 Å². The van der Waals surface area contributed by atoms with Crippen LogP contribution in [-0.2, 0) is 15.1 Å². The Morgan fingerprint density at radius 2 is 1.45 bits per heavy atom. The molecule has 1 aliphatic rings. The molecule has 0 saturated carbocycles. The number of rotatable bonds is 3. The molecule has 0 spiro atoms. The van der Waals surface area contributed by atoms with Gasteiger partial charge in [0.15, 0.2) is 0 Å². The fraction of sp³-hybridized carbons (Fsp3) is 0.0588. The Bertz CT molecular complexity index is 635. The molecule has 0 radical (unpaired) electrons. The van der Waals surface area contributed by atoms with Gasteiger partial charge in [0, 0.05) is 0 Å². The van der Waals surface area contributed by atoms with Gasteiger partial charge < -0.3 is 4.74 Å². The third-order valence-corrected chi connectivity index (χ3v) is 3.33. The van der Waals surface area contributed by atoms with E-state index in [1.54, 1.807) is 0 Å². The number of nitrogens with zero attached hydrogens (tertiary/aromatic N) is 1. The van der Waals surface area contributed by atoms with E-state index in [0.717, 1.165) is 11.1 Å². The minimum Gasteiger partial charge on any atom is -0.405 e. The lowest BCUT2D eigenvalue weighted by Gasteiger charge is -2.23. The first-order valence-corrected chi connectivity index (χ1v) is 6.33. The minimum absolute atomic E-state index is 0.253. The molecule has 98 valence electrons. The molecule has 20 heavy (non-hydrogen) atoms. The topological polar surface area (TPSA) is 38.7 Å². The second kappa shape index (κ2) is 4.78. The first-order valence-electron chi connectivity index (χ1n) is 6.33. The first kappa shape index (κ1) is 12.4. The number of benzene rings is 2. The van der Waals surface area contributed by atoms with Crippen LogP contribution < -0.4 is 0 Å². The lowest BCUT2D eigenvalue weighted by Crippen LogP contribution is -2.32. The summed E-state index contributed by atoms with van der Waals surface area (Å²) in [6, 6.07) is 18.9. The zero-order valence-corrected chi connectivity index (χ0v) is 10.8. The maximum Gasteiger partial charge on any atom is 0.350 e. The Morgan fingerprint density at radius 1 is 0.950 bits per heavy atom. The van der Waals surface area contributed by atoms with Gasteiger partial charge in [0.1, 0.15) is 0 Å². The number of hydrogen-bond acceptors (Lipinski definition) is 3. The van der Waals surface area contributed by atoms with Gasteiger partial charge in [-0.15, -0.1) is 0 Å². The quantitative estimate of drug-likeness (QED) is 0.798. The van der Waals surface area contributed by atoms with Crippen LogP contribution in [0.5, 0.6) is 0 Å². The smallest absolute Gasteiger partial charge is 0.350 e. The summed E-state index contributed by atoms with van der Waals surface area (Å²) >= 11 is 0.